The van der Waals surface area contributed by atoms with Crippen molar-refractivity contribution in [3.8, 4) is 0 Å². The van der Waals surface area contributed by atoms with Crippen LogP contribution in [0.4, 0.5) is 0 Å². The van der Waals surface area contributed by atoms with Gasteiger partial charge in [0, 0.05) is 0 Å². The smallest absolute Gasteiger partial charge is 0.126 e. The van der Waals surface area contributed by atoms with Crippen molar-refractivity contribution in [2.45, 2.75) is 6.92 Å². The van der Waals surface area contributed by atoms with Crippen LogP contribution in [0.1, 0.15) is 6.92 Å². The number of nitrogens with zero attached hydrogens (tertiary/aromatic N) is 2. The van der Waals surface area contributed by atoms with Crippen molar-refractivity contribution in [3.63, 3.8) is 0 Å². The fourth-order valence-electron chi connectivity index (χ4n) is 0.180. The zero-order chi connectivity index (χ0) is 6.57. The summed E-state index contributed by atoms with van der Waals surface area (Å²) in [6, 6.07) is 0. The Morgan fingerprint density at radius 2 is 1.88 bits per heavy atom. The number of hydrogen-bond acceptors (Lipinski definition) is 2. The maximum absolute atomic E-state index is 3.61. The van der Waals surface area contributed by atoms with Gasteiger partial charge in [0.2, 0.25) is 0 Å². The molecule has 0 spiro atoms. The van der Waals surface area contributed by atoms with Crippen LogP contribution in [-0.2, 0) is 0 Å². The van der Waals surface area contributed by atoms with E-state index in [1.165, 1.54) is 0 Å². The van der Waals surface area contributed by atoms with E-state index in [-0.39, 0.29) is 0 Å². The van der Waals surface area contributed by atoms with E-state index in [2.05, 4.69) is 39.3 Å². The van der Waals surface area contributed by atoms with Gasteiger partial charge in [-0.05, 0) is 36.3 Å². The predicted molar refractivity (Wildman–Crippen MR) is 40.7 cm³/mol. The normalized spacial score (nSPS) is 12.2. The lowest BCUT2D eigenvalue weighted by atomic mass is 10.6. The van der Waals surface area contributed by atoms with Gasteiger partial charge in [0.25, 0.3) is 0 Å². The molecule has 0 aromatic carbocycles. The molecule has 2 nitrogen and oxygen atoms in total. The standard InChI is InChI=1S/C5H7BrN2/c1-4(7-2)5(6)8-3/h2-3H2,1H3/b5-4-. The Morgan fingerprint density at radius 3 is 2.00 bits per heavy atom. The summed E-state index contributed by atoms with van der Waals surface area (Å²) >= 11 is 3.12. The Morgan fingerprint density at radius 1 is 1.38 bits per heavy atom. The van der Waals surface area contributed by atoms with E-state index in [1.807, 2.05) is 0 Å². The Bertz CT molecular complexity index is 121. The van der Waals surface area contributed by atoms with Crippen molar-refractivity contribution in [3.05, 3.63) is 10.3 Å². The van der Waals surface area contributed by atoms with Crippen LogP contribution < -0.4 is 0 Å². The van der Waals surface area contributed by atoms with E-state index in [4.69, 9.17) is 0 Å². The molecule has 0 aliphatic carbocycles. The first-order valence-corrected chi connectivity index (χ1v) is 2.81. The molecule has 44 valence electrons. The van der Waals surface area contributed by atoms with Gasteiger partial charge >= 0.3 is 0 Å². The second-order valence-corrected chi connectivity index (χ2v) is 1.94. The molecule has 0 heterocycles. The Hall–Kier alpha value is -0.440. The summed E-state index contributed by atoms with van der Waals surface area (Å²) < 4.78 is 0.646. The first-order chi connectivity index (χ1) is 3.72. The molecule has 0 saturated heterocycles. The summed E-state index contributed by atoms with van der Waals surface area (Å²) in [5.41, 5.74) is 0.750. The minimum atomic E-state index is 0.646. The quantitative estimate of drug-likeness (QED) is 0.452. The highest BCUT2D eigenvalue weighted by atomic mass is 79.9. The molecule has 0 atom stereocenters. The van der Waals surface area contributed by atoms with Gasteiger partial charge in [0.05, 0.1) is 5.70 Å². The molecule has 0 fully saturated rings. The minimum absolute atomic E-state index is 0.646. The van der Waals surface area contributed by atoms with Gasteiger partial charge in [-0.1, -0.05) is 0 Å². The van der Waals surface area contributed by atoms with Crippen LogP contribution in [0, 0.1) is 0 Å². The second kappa shape index (κ2) is 3.55. The van der Waals surface area contributed by atoms with E-state index < -0.39 is 0 Å². The zero-order valence-electron chi connectivity index (χ0n) is 4.69. The predicted octanol–water partition coefficient (Wildman–Crippen LogP) is 1.97. The molecular weight excluding hydrogens is 168 g/mol. The average Bonchev–Trinajstić information content (AvgIpc) is 1.84. The summed E-state index contributed by atoms with van der Waals surface area (Å²) in [4.78, 5) is 7.18. The number of halogens is 1. The van der Waals surface area contributed by atoms with Gasteiger partial charge in [-0.2, -0.15) is 0 Å². The Balaban J connectivity index is 4.25. The van der Waals surface area contributed by atoms with Crippen molar-refractivity contribution in [2.75, 3.05) is 0 Å². The molecule has 3 heteroatoms. The van der Waals surface area contributed by atoms with E-state index in [0.717, 1.165) is 5.70 Å². The van der Waals surface area contributed by atoms with Gasteiger partial charge in [-0.15, -0.1) is 0 Å². The molecule has 0 aromatic heterocycles. The molecule has 0 aliphatic heterocycles. The number of rotatable bonds is 2. The van der Waals surface area contributed by atoms with Crippen LogP contribution in [-0.4, -0.2) is 13.4 Å². The van der Waals surface area contributed by atoms with Crippen LogP contribution in [0.2, 0.25) is 0 Å². The minimum Gasteiger partial charge on any atom is -0.267 e. The van der Waals surface area contributed by atoms with Crippen molar-refractivity contribution < 1.29 is 0 Å². The van der Waals surface area contributed by atoms with E-state index in [9.17, 15) is 0 Å². The molecule has 8 heavy (non-hydrogen) atoms. The second-order valence-electron chi connectivity index (χ2n) is 1.19. The maximum Gasteiger partial charge on any atom is 0.126 e. The van der Waals surface area contributed by atoms with Crippen LogP contribution in [0.15, 0.2) is 20.3 Å². The Kier molecular flexibility index (Phi) is 3.35. The fraction of sp³-hybridized carbons (Fsp3) is 0.200. The van der Waals surface area contributed by atoms with Gasteiger partial charge < -0.3 is 0 Å². The number of hydrogen-bond donors (Lipinski definition) is 0. The SMILES string of the molecule is C=N/C(C)=C(/Br)N=C. The summed E-state index contributed by atoms with van der Waals surface area (Å²) in [6.45, 7) is 8.39. The monoisotopic (exact) mass is 174 g/mol. The molecule has 0 unspecified atom stereocenters. The van der Waals surface area contributed by atoms with Gasteiger partial charge in [-0.3, -0.25) is 9.98 Å². The molecule has 0 saturated carbocycles. The van der Waals surface area contributed by atoms with Crippen molar-refractivity contribution in [1.82, 2.24) is 0 Å². The lowest BCUT2D eigenvalue weighted by Crippen LogP contribution is -1.69. The molecular formula is C5H7BrN2. The molecule has 0 radical (unpaired) electrons. The third-order valence-corrected chi connectivity index (χ3v) is 1.50. The molecule has 0 N–H and O–H groups in total. The third kappa shape index (κ3) is 2.02. The number of aliphatic imine (C=N–C) groups is 2. The summed E-state index contributed by atoms with van der Waals surface area (Å²) in [7, 11) is 0. The fourth-order valence-corrected chi connectivity index (χ4v) is 0.305. The lowest BCUT2D eigenvalue weighted by Gasteiger charge is -1.88. The third-order valence-electron chi connectivity index (χ3n) is 0.675. The highest BCUT2D eigenvalue weighted by molar-refractivity contribution is 9.11. The van der Waals surface area contributed by atoms with Gasteiger partial charge in [-0.25, -0.2) is 0 Å². The molecule has 0 aliphatic rings. The summed E-state index contributed by atoms with van der Waals surface area (Å²) in [6.07, 6.45) is 0. The highest BCUT2D eigenvalue weighted by Gasteiger charge is 1.87. The van der Waals surface area contributed by atoms with Crippen LogP contribution >= 0.6 is 15.9 Å². The van der Waals surface area contributed by atoms with E-state index in [1.54, 1.807) is 6.92 Å². The summed E-state index contributed by atoms with van der Waals surface area (Å²) in [5, 5.41) is 0. The van der Waals surface area contributed by atoms with Gasteiger partial charge in [0.1, 0.15) is 4.61 Å². The highest BCUT2D eigenvalue weighted by Crippen LogP contribution is 2.11. The first-order valence-electron chi connectivity index (χ1n) is 2.02. The zero-order valence-corrected chi connectivity index (χ0v) is 6.27. The average molecular weight is 175 g/mol. The molecule has 0 amide bonds. The van der Waals surface area contributed by atoms with Crippen LogP contribution in [0.5, 0.6) is 0 Å². The maximum atomic E-state index is 3.61. The first kappa shape index (κ1) is 7.56. The van der Waals surface area contributed by atoms with Crippen LogP contribution in [0.3, 0.4) is 0 Å². The number of allylic oxidation sites excluding steroid dienone is 1. The van der Waals surface area contributed by atoms with Crippen molar-refractivity contribution >= 4 is 29.4 Å². The molecule has 0 bridgehead atoms. The lowest BCUT2D eigenvalue weighted by molar-refractivity contribution is 1.28. The topological polar surface area (TPSA) is 24.7 Å². The Labute approximate surface area is 57.2 Å². The van der Waals surface area contributed by atoms with E-state index >= 15 is 0 Å². The summed E-state index contributed by atoms with van der Waals surface area (Å²) in [5.74, 6) is 0. The van der Waals surface area contributed by atoms with Crippen molar-refractivity contribution in [1.29, 1.82) is 0 Å². The molecule has 0 rings (SSSR count). The van der Waals surface area contributed by atoms with Crippen molar-refractivity contribution in [2.24, 2.45) is 9.98 Å². The van der Waals surface area contributed by atoms with E-state index in [0.29, 0.717) is 4.61 Å². The molecule has 0 aromatic rings. The van der Waals surface area contributed by atoms with Gasteiger partial charge in [0.15, 0.2) is 0 Å². The largest absolute Gasteiger partial charge is 0.267 e. The van der Waals surface area contributed by atoms with Crippen LogP contribution in [0.25, 0.3) is 0 Å².